The number of ether oxygens (including phenoxy) is 3. The molecule has 0 aliphatic carbocycles. The lowest BCUT2D eigenvalue weighted by Crippen LogP contribution is -2.15. The van der Waals surface area contributed by atoms with E-state index in [1.807, 2.05) is 24.3 Å². The first-order valence-electron chi connectivity index (χ1n) is 8.42. The van der Waals surface area contributed by atoms with Gasteiger partial charge in [-0.2, -0.15) is 0 Å². The van der Waals surface area contributed by atoms with Crippen LogP contribution in [0.25, 0.3) is 11.5 Å². The Bertz CT molecular complexity index is 979. The van der Waals surface area contributed by atoms with Crippen molar-refractivity contribution in [2.75, 3.05) is 19.2 Å². The Kier molecular flexibility index (Phi) is 4.42. The van der Waals surface area contributed by atoms with Crippen molar-refractivity contribution in [3.63, 3.8) is 0 Å². The van der Waals surface area contributed by atoms with Gasteiger partial charge in [0.2, 0.25) is 18.6 Å². The van der Waals surface area contributed by atoms with E-state index in [0.29, 0.717) is 34.5 Å². The number of carbonyl (C=O) groups excluding carboxylic acids is 1. The number of anilines is 1. The zero-order valence-electron chi connectivity index (χ0n) is 14.9. The van der Waals surface area contributed by atoms with Gasteiger partial charge in [0.25, 0.3) is 0 Å². The fourth-order valence-electron chi connectivity index (χ4n) is 2.78. The fourth-order valence-corrected chi connectivity index (χ4v) is 2.78. The molecular formula is C20H18N2O5. The van der Waals surface area contributed by atoms with Crippen molar-refractivity contribution in [3.05, 3.63) is 53.9 Å². The highest BCUT2D eigenvalue weighted by Gasteiger charge is 2.17. The summed E-state index contributed by atoms with van der Waals surface area (Å²) >= 11 is 0. The van der Waals surface area contributed by atoms with Crippen LogP contribution in [0.15, 0.2) is 46.9 Å². The largest absolute Gasteiger partial charge is 0.497 e. The number of hydrogen-bond donors (Lipinski definition) is 1. The van der Waals surface area contributed by atoms with E-state index in [1.165, 1.54) is 0 Å². The third kappa shape index (κ3) is 3.57. The first-order valence-corrected chi connectivity index (χ1v) is 8.42. The van der Waals surface area contributed by atoms with Crippen LogP contribution in [-0.2, 0) is 11.2 Å². The summed E-state index contributed by atoms with van der Waals surface area (Å²) in [6, 6.07) is 12.7. The van der Waals surface area contributed by atoms with E-state index >= 15 is 0 Å². The number of methoxy groups -OCH3 is 1. The quantitative estimate of drug-likeness (QED) is 0.743. The molecule has 7 nitrogen and oxygen atoms in total. The summed E-state index contributed by atoms with van der Waals surface area (Å²) in [6.45, 7) is 1.99. The Hall–Kier alpha value is -3.48. The lowest BCUT2D eigenvalue weighted by atomic mass is 10.2. The molecule has 1 N–H and O–H groups in total. The minimum atomic E-state index is -0.188. The summed E-state index contributed by atoms with van der Waals surface area (Å²) in [7, 11) is 1.61. The molecule has 1 amide bonds. The van der Waals surface area contributed by atoms with E-state index in [2.05, 4.69) is 10.3 Å². The first-order chi connectivity index (χ1) is 13.1. The zero-order valence-corrected chi connectivity index (χ0v) is 14.9. The molecule has 0 fully saturated rings. The molecule has 7 heteroatoms. The Morgan fingerprint density at radius 1 is 1.15 bits per heavy atom. The molecule has 0 bridgehead atoms. The van der Waals surface area contributed by atoms with E-state index in [1.54, 1.807) is 32.2 Å². The Morgan fingerprint density at radius 3 is 2.70 bits per heavy atom. The lowest BCUT2D eigenvalue weighted by molar-refractivity contribution is -0.115. The van der Waals surface area contributed by atoms with Crippen LogP contribution in [0.5, 0.6) is 17.2 Å². The molecule has 1 aliphatic heterocycles. The van der Waals surface area contributed by atoms with Gasteiger partial charge in [-0.15, -0.1) is 0 Å². The summed E-state index contributed by atoms with van der Waals surface area (Å²) in [4.78, 5) is 16.8. The Balaban J connectivity index is 1.45. The monoisotopic (exact) mass is 366 g/mol. The fraction of sp³-hybridized carbons (Fsp3) is 0.200. The molecule has 27 heavy (non-hydrogen) atoms. The van der Waals surface area contributed by atoms with Gasteiger partial charge in [0.05, 0.1) is 19.2 Å². The van der Waals surface area contributed by atoms with Crippen molar-refractivity contribution in [2.24, 2.45) is 0 Å². The molecular weight excluding hydrogens is 348 g/mol. The predicted octanol–water partition coefficient (Wildman–Crippen LogP) is 3.57. The van der Waals surface area contributed by atoms with Crippen molar-refractivity contribution < 1.29 is 23.4 Å². The molecule has 1 aliphatic rings. The van der Waals surface area contributed by atoms with E-state index < -0.39 is 0 Å². The summed E-state index contributed by atoms with van der Waals surface area (Å²) in [6.07, 6.45) is 0.111. The second kappa shape index (κ2) is 7.03. The maximum atomic E-state index is 12.4. The number of aromatic nitrogens is 1. The maximum absolute atomic E-state index is 12.4. The van der Waals surface area contributed by atoms with Gasteiger partial charge in [0.1, 0.15) is 11.5 Å². The molecule has 0 spiro atoms. The van der Waals surface area contributed by atoms with Crippen molar-refractivity contribution in [1.29, 1.82) is 0 Å². The minimum absolute atomic E-state index is 0.111. The number of nitrogens with zero attached hydrogens (tertiary/aromatic N) is 1. The van der Waals surface area contributed by atoms with Crippen LogP contribution in [0, 0.1) is 6.92 Å². The number of carbonyl (C=O) groups is 1. The highest BCUT2D eigenvalue weighted by molar-refractivity contribution is 5.92. The average molecular weight is 366 g/mol. The van der Waals surface area contributed by atoms with Gasteiger partial charge >= 0.3 is 0 Å². The van der Waals surface area contributed by atoms with E-state index in [4.69, 9.17) is 18.6 Å². The third-order valence-corrected chi connectivity index (χ3v) is 4.21. The second-order valence-corrected chi connectivity index (χ2v) is 6.04. The highest BCUT2D eigenvalue weighted by atomic mass is 16.7. The van der Waals surface area contributed by atoms with Crippen LogP contribution < -0.4 is 19.5 Å². The summed E-state index contributed by atoms with van der Waals surface area (Å²) in [5, 5.41) is 2.84. The molecule has 2 aromatic carbocycles. The van der Waals surface area contributed by atoms with Crippen molar-refractivity contribution in [2.45, 2.75) is 13.3 Å². The number of hydrogen-bond acceptors (Lipinski definition) is 6. The second-order valence-electron chi connectivity index (χ2n) is 6.04. The first kappa shape index (κ1) is 17.0. The van der Waals surface area contributed by atoms with Crippen LogP contribution in [0.3, 0.4) is 0 Å². The van der Waals surface area contributed by atoms with Crippen LogP contribution in [0.4, 0.5) is 5.69 Å². The molecule has 0 unspecified atom stereocenters. The van der Waals surface area contributed by atoms with Gasteiger partial charge in [-0.05, 0) is 43.3 Å². The van der Waals surface area contributed by atoms with E-state index in [9.17, 15) is 4.79 Å². The van der Waals surface area contributed by atoms with Crippen molar-refractivity contribution in [1.82, 2.24) is 4.98 Å². The van der Waals surface area contributed by atoms with Crippen molar-refractivity contribution in [3.8, 4) is 28.7 Å². The average Bonchev–Trinajstić information content (AvgIpc) is 3.28. The lowest BCUT2D eigenvalue weighted by Gasteiger charge is -2.05. The van der Waals surface area contributed by atoms with Crippen LogP contribution in [0.1, 0.15) is 11.5 Å². The van der Waals surface area contributed by atoms with Gasteiger partial charge in [-0.3, -0.25) is 4.79 Å². The minimum Gasteiger partial charge on any atom is -0.497 e. The standard InChI is InChI=1S/C20H18N2O5/c1-12-16(22-20(27-12)13-3-6-15(24-2)7-4-13)10-19(23)21-14-5-8-17-18(9-14)26-11-25-17/h3-9H,10-11H2,1-2H3,(H,21,23). The van der Waals surface area contributed by atoms with Crippen molar-refractivity contribution >= 4 is 11.6 Å². The normalized spacial score (nSPS) is 12.1. The van der Waals surface area contributed by atoms with Gasteiger partial charge in [0.15, 0.2) is 11.5 Å². The summed E-state index contributed by atoms with van der Waals surface area (Å²) in [5.74, 6) is 2.94. The van der Waals surface area contributed by atoms with Gasteiger partial charge in [-0.25, -0.2) is 4.98 Å². The Labute approximate surface area is 155 Å². The molecule has 4 rings (SSSR count). The Morgan fingerprint density at radius 2 is 1.93 bits per heavy atom. The molecule has 3 aromatic rings. The highest BCUT2D eigenvalue weighted by Crippen LogP contribution is 2.34. The van der Waals surface area contributed by atoms with Crippen LogP contribution in [-0.4, -0.2) is 24.8 Å². The number of benzene rings is 2. The van der Waals surface area contributed by atoms with E-state index in [0.717, 1.165) is 11.3 Å². The smallest absolute Gasteiger partial charge is 0.231 e. The number of rotatable bonds is 5. The van der Waals surface area contributed by atoms with E-state index in [-0.39, 0.29) is 19.1 Å². The van der Waals surface area contributed by atoms with Gasteiger partial charge < -0.3 is 23.9 Å². The molecule has 0 saturated heterocycles. The third-order valence-electron chi connectivity index (χ3n) is 4.21. The number of amides is 1. The van der Waals surface area contributed by atoms with Crippen LogP contribution in [0.2, 0.25) is 0 Å². The maximum Gasteiger partial charge on any atom is 0.231 e. The van der Waals surface area contributed by atoms with Gasteiger partial charge in [-0.1, -0.05) is 0 Å². The SMILES string of the molecule is COc1ccc(-c2nc(CC(=O)Nc3ccc4c(c3)OCO4)c(C)o2)cc1. The molecule has 1 aromatic heterocycles. The predicted molar refractivity (Wildman–Crippen MR) is 98.1 cm³/mol. The molecule has 0 radical (unpaired) electrons. The number of nitrogens with one attached hydrogen (secondary N) is 1. The summed E-state index contributed by atoms with van der Waals surface area (Å²) in [5.41, 5.74) is 2.06. The molecule has 0 saturated carbocycles. The molecule has 138 valence electrons. The number of oxazole rings is 1. The molecule has 0 atom stereocenters. The number of fused-ring (bicyclic) bond motifs is 1. The molecule has 2 heterocycles. The zero-order chi connectivity index (χ0) is 18.8. The summed E-state index contributed by atoms with van der Waals surface area (Å²) < 4.78 is 21.4. The van der Waals surface area contributed by atoms with Gasteiger partial charge in [0, 0.05) is 17.3 Å². The van der Waals surface area contributed by atoms with Crippen LogP contribution >= 0.6 is 0 Å². The number of aryl methyl sites for hydroxylation is 1. The topological polar surface area (TPSA) is 82.8 Å².